The molecule has 104 valence electrons. The van der Waals surface area contributed by atoms with Gasteiger partial charge < -0.3 is 5.73 Å². The first-order valence-electron chi connectivity index (χ1n) is 6.31. The Balaban J connectivity index is 2.25. The van der Waals surface area contributed by atoms with Crippen LogP contribution >= 0.6 is 34.5 Å². The van der Waals surface area contributed by atoms with Crippen LogP contribution in [0.3, 0.4) is 0 Å². The molecule has 1 unspecified atom stereocenters. The first-order chi connectivity index (χ1) is 9.06. The molecule has 1 atom stereocenters. The molecule has 0 spiro atoms. The van der Waals surface area contributed by atoms with Gasteiger partial charge in [-0.05, 0) is 25.5 Å². The maximum absolute atomic E-state index is 6.38. The van der Waals surface area contributed by atoms with Gasteiger partial charge in [0.15, 0.2) is 0 Å². The Morgan fingerprint density at radius 3 is 2.63 bits per heavy atom. The molecule has 0 bridgehead atoms. The number of thiophene rings is 1. The fourth-order valence-electron chi connectivity index (χ4n) is 2.05. The molecule has 0 aromatic carbocycles. The van der Waals surface area contributed by atoms with Gasteiger partial charge in [0, 0.05) is 23.9 Å². The van der Waals surface area contributed by atoms with Crippen LogP contribution < -0.4 is 5.73 Å². The number of nitrogens with zero attached hydrogens (tertiary/aromatic N) is 2. The molecule has 0 aliphatic heterocycles. The van der Waals surface area contributed by atoms with Crippen molar-refractivity contribution in [2.24, 2.45) is 5.73 Å². The van der Waals surface area contributed by atoms with Crippen LogP contribution in [0.25, 0.3) is 0 Å². The molecule has 3 nitrogen and oxygen atoms in total. The average Bonchev–Trinajstić information content (AvgIpc) is 2.95. The van der Waals surface area contributed by atoms with E-state index in [1.807, 2.05) is 16.8 Å². The summed E-state index contributed by atoms with van der Waals surface area (Å²) in [5, 5.41) is 5.26. The Morgan fingerprint density at radius 1 is 1.37 bits per heavy atom. The first kappa shape index (κ1) is 14.9. The van der Waals surface area contributed by atoms with Gasteiger partial charge in [-0.25, -0.2) is 0 Å². The normalized spacial score (nSPS) is 12.9. The van der Waals surface area contributed by atoms with Crippen molar-refractivity contribution in [1.29, 1.82) is 0 Å². The summed E-state index contributed by atoms with van der Waals surface area (Å²) in [6.45, 7) is 4.91. The third kappa shape index (κ3) is 3.14. The van der Waals surface area contributed by atoms with Gasteiger partial charge in [0.1, 0.15) is 0 Å². The molecule has 2 aromatic rings. The molecular weight excluding hydrogens is 301 g/mol. The van der Waals surface area contributed by atoms with Gasteiger partial charge in [0.25, 0.3) is 0 Å². The van der Waals surface area contributed by atoms with E-state index >= 15 is 0 Å². The highest BCUT2D eigenvalue weighted by Crippen LogP contribution is 2.30. The van der Waals surface area contributed by atoms with Crippen LogP contribution in [0.15, 0.2) is 12.1 Å². The average molecular weight is 318 g/mol. The van der Waals surface area contributed by atoms with Gasteiger partial charge in [0.2, 0.25) is 0 Å². The van der Waals surface area contributed by atoms with Crippen molar-refractivity contribution in [1.82, 2.24) is 9.78 Å². The number of hydrogen-bond donors (Lipinski definition) is 1. The van der Waals surface area contributed by atoms with Crippen LogP contribution in [0.5, 0.6) is 0 Å². The smallest absolute Gasteiger partial charge is 0.0931 e. The summed E-state index contributed by atoms with van der Waals surface area (Å²) in [7, 11) is 0. The Hall–Kier alpha value is -0.550. The molecule has 19 heavy (non-hydrogen) atoms. The summed E-state index contributed by atoms with van der Waals surface area (Å²) in [5.74, 6) is 0. The Bertz CT molecular complexity index is 562. The molecule has 6 heteroatoms. The minimum Gasteiger partial charge on any atom is -0.323 e. The highest BCUT2D eigenvalue weighted by molar-refractivity contribution is 7.16. The second kappa shape index (κ2) is 6.27. The van der Waals surface area contributed by atoms with Crippen LogP contribution in [0.1, 0.15) is 36.2 Å². The molecule has 0 radical (unpaired) electrons. The largest absolute Gasteiger partial charge is 0.323 e. The van der Waals surface area contributed by atoms with Gasteiger partial charge in [-0.2, -0.15) is 5.10 Å². The van der Waals surface area contributed by atoms with E-state index in [0.717, 1.165) is 38.6 Å². The number of aryl methyl sites for hydroxylation is 2. The molecule has 0 amide bonds. The predicted molar refractivity (Wildman–Crippen MR) is 82.3 cm³/mol. The third-order valence-corrected chi connectivity index (χ3v) is 4.87. The number of rotatable bonds is 5. The fourth-order valence-corrected chi connectivity index (χ4v) is 3.46. The van der Waals surface area contributed by atoms with Gasteiger partial charge in [-0.3, -0.25) is 4.68 Å². The number of nitrogens with two attached hydrogens (primary N) is 1. The molecule has 2 aromatic heterocycles. The molecule has 2 N–H and O–H groups in total. The first-order valence-corrected chi connectivity index (χ1v) is 7.88. The molecule has 0 aliphatic rings. The third-order valence-electron chi connectivity index (χ3n) is 3.07. The number of halogens is 2. The zero-order chi connectivity index (χ0) is 14.0. The SMILES string of the molecule is CCc1nn(CC)c(CC(N)c2ccc(Cl)s2)c1Cl. The van der Waals surface area contributed by atoms with Crippen LogP contribution in [0.4, 0.5) is 0 Å². The van der Waals surface area contributed by atoms with E-state index in [-0.39, 0.29) is 6.04 Å². The van der Waals surface area contributed by atoms with Crippen molar-refractivity contribution >= 4 is 34.5 Å². The van der Waals surface area contributed by atoms with E-state index in [4.69, 9.17) is 28.9 Å². The summed E-state index contributed by atoms with van der Waals surface area (Å²) in [6, 6.07) is 3.75. The number of aromatic nitrogens is 2. The van der Waals surface area contributed by atoms with Gasteiger partial charge in [-0.15, -0.1) is 11.3 Å². The Kier molecular flexibility index (Phi) is 4.90. The van der Waals surface area contributed by atoms with Crippen molar-refractivity contribution in [2.75, 3.05) is 0 Å². The second-order valence-electron chi connectivity index (χ2n) is 4.33. The lowest BCUT2D eigenvalue weighted by atomic mass is 10.1. The summed E-state index contributed by atoms with van der Waals surface area (Å²) in [6.07, 6.45) is 1.51. The standard InChI is InChI=1S/C13H17Cl2N3S/c1-3-9-13(15)10(18(4-2)17-9)7-8(16)11-5-6-12(14)19-11/h5-6,8H,3-4,7,16H2,1-2H3. The van der Waals surface area contributed by atoms with Gasteiger partial charge in [0.05, 0.1) is 20.7 Å². The zero-order valence-electron chi connectivity index (χ0n) is 11.0. The lowest BCUT2D eigenvalue weighted by molar-refractivity contribution is 0.588. The van der Waals surface area contributed by atoms with Crippen LogP contribution in [0, 0.1) is 0 Å². The molecule has 0 saturated heterocycles. The molecule has 2 rings (SSSR count). The molecule has 0 fully saturated rings. The maximum atomic E-state index is 6.38. The summed E-state index contributed by atoms with van der Waals surface area (Å²) in [4.78, 5) is 1.07. The summed E-state index contributed by atoms with van der Waals surface area (Å²) < 4.78 is 2.70. The Labute approximate surface area is 127 Å². The Morgan fingerprint density at radius 2 is 2.11 bits per heavy atom. The number of hydrogen-bond acceptors (Lipinski definition) is 3. The lowest BCUT2D eigenvalue weighted by Crippen LogP contribution is -2.15. The van der Waals surface area contributed by atoms with Gasteiger partial charge >= 0.3 is 0 Å². The molecule has 2 heterocycles. The fraction of sp³-hybridized carbons (Fsp3) is 0.462. The monoisotopic (exact) mass is 317 g/mol. The van der Waals surface area contributed by atoms with Crippen molar-refractivity contribution in [3.8, 4) is 0 Å². The minimum atomic E-state index is -0.0956. The summed E-state index contributed by atoms with van der Waals surface area (Å²) in [5.41, 5.74) is 8.19. The van der Waals surface area contributed by atoms with E-state index in [0.29, 0.717) is 6.42 Å². The van der Waals surface area contributed by atoms with Crippen molar-refractivity contribution in [3.63, 3.8) is 0 Å². The highest BCUT2D eigenvalue weighted by atomic mass is 35.5. The molecular formula is C13H17Cl2N3S. The van der Waals surface area contributed by atoms with Crippen LogP contribution in [0.2, 0.25) is 9.36 Å². The van der Waals surface area contributed by atoms with Crippen LogP contribution in [-0.4, -0.2) is 9.78 Å². The second-order valence-corrected chi connectivity index (χ2v) is 6.45. The predicted octanol–water partition coefficient (Wildman–Crippen LogP) is 4.08. The van der Waals surface area contributed by atoms with Crippen molar-refractivity contribution < 1.29 is 0 Å². The van der Waals surface area contributed by atoms with Crippen LogP contribution in [-0.2, 0) is 19.4 Å². The minimum absolute atomic E-state index is 0.0956. The lowest BCUT2D eigenvalue weighted by Gasteiger charge is -2.11. The van der Waals surface area contributed by atoms with E-state index in [1.54, 1.807) is 0 Å². The van der Waals surface area contributed by atoms with E-state index in [9.17, 15) is 0 Å². The summed E-state index contributed by atoms with van der Waals surface area (Å²) >= 11 is 13.8. The van der Waals surface area contributed by atoms with Gasteiger partial charge in [-0.1, -0.05) is 30.1 Å². The topological polar surface area (TPSA) is 43.8 Å². The zero-order valence-corrected chi connectivity index (χ0v) is 13.3. The van der Waals surface area contributed by atoms with Crippen molar-refractivity contribution in [2.45, 2.75) is 39.3 Å². The van der Waals surface area contributed by atoms with E-state index in [2.05, 4.69) is 18.9 Å². The maximum Gasteiger partial charge on any atom is 0.0931 e. The van der Waals surface area contributed by atoms with E-state index < -0.39 is 0 Å². The molecule has 0 saturated carbocycles. The van der Waals surface area contributed by atoms with Crippen molar-refractivity contribution in [3.05, 3.63) is 37.8 Å². The molecule has 0 aliphatic carbocycles. The van der Waals surface area contributed by atoms with E-state index in [1.165, 1.54) is 11.3 Å². The quantitative estimate of drug-likeness (QED) is 0.903. The highest BCUT2D eigenvalue weighted by Gasteiger charge is 2.18.